The lowest BCUT2D eigenvalue weighted by molar-refractivity contribution is 0.386. The van der Waals surface area contributed by atoms with Gasteiger partial charge in [-0.2, -0.15) is 0 Å². The molecule has 0 spiro atoms. The first-order valence-corrected chi connectivity index (χ1v) is 8.18. The maximum absolute atomic E-state index is 13.7. The fourth-order valence-corrected chi connectivity index (χ4v) is 2.87. The van der Waals surface area contributed by atoms with Gasteiger partial charge in [-0.25, -0.2) is 4.39 Å². The van der Waals surface area contributed by atoms with Crippen molar-refractivity contribution in [1.29, 1.82) is 0 Å². The topological polar surface area (TPSA) is 9.23 Å². The van der Waals surface area contributed by atoms with Crippen molar-refractivity contribution in [2.24, 2.45) is 5.92 Å². The van der Waals surface area contributed by atoms with E-state index in [4.69, 9.17) is 4.74 Å². The van der Waals surface area contributed by atoms with Crippen LogP contribution in [-0.4, -0.2) is 12.4 Å². The number of hydrogen-bond donors (Lipinski definition) is 0. The molecular weight excluding hydrogens is 331 g/mol. The Kier molecular flexibility index (Phi) is 5.80. The predicted molar refractivity (Wildman–Crippen MR) is 88.8 cm³/mol. The van der Waals surface area contributed by atoms with Crippen LogP contribution in [0.15, 0.2) is 42.5 Å². The van der Waals surface area contributed by atoms with E-state index in [0.717, 1.165) is 23.7 Å². The van der Waals surface area contributed by atoms with Crippen molar-refractivity contribution in [2.75, 3.05) is 12.4 Å². The van der Waals surface area contributed by atoms with Crippen molar-refractivity contribution >= 4 is 15.9 Å². The van der Waals surface area contributed by atoms with E-state index in [9.17, 15) is 4.39 Å². The number of rotatable bonds is 6. The van der Waals surface area contributed by atoms with Gasteiger partial charge in [-0.05, 0) is 48.9 Å². The van der Waals surface area contributed by atoms with Crippen molar-refractivity contribution in [1.82, 2.24) is 0 Å². The van der Waals surface area contributed by atoms with Gasteiger partial charge in [0.15, 0.2) is 11.6 Å². The molecule has 0 radical (unpaired) electrons. The smallest absolute Gasteiger partial charge is 0.165 e. The Morgan fingerprint density at radius 2 is 1.67 bits per heavy atom. The molecule has 2 rings (SSSR count). The van der Waals surface area contributed by atoms with E-state index in [1.807, 2.05) is 6.07 Å². The molecule has 112 valence electrons. The second kappa shape index (κ2) is 7.60. The number of benzene rings is 2. The third-order valence-electron chi connectivity index (χ3n) is 3.60. The van der Waals surface area contributed by atoms with Crippen LogP contribution in [0.5, 0.6) is 5.75 Å². The summed E-state index contributed by atoms with van der Waals surface area (Å²) in [5.41, 5.74) is 3.59. The summed E-state index contributed by atoms with van der Waals surface area (Å²) < 4.78 is 18.7. The van der Waals surface area contributed by atoms with E-state index >= 15 is 0 Å². The van der Waals surface area contributed by atoms with Crippen LogP contribution in [0.1, 0.15) is 16.7 Å². The second-order valence-corrected chi connectivity index (χ2v) is 6.03. The summed E-state index contributed by atoms with van der Waals surface area (Å²) in [6, 6.07) is 13.8. The van der Waals surface area contributed by atoms with Crippen LogP contribution in [0.3, 0.4) is 0 Å². The highest BCUT2D eigenvalue weighted by Crippen LogP contribution is 2.22. The molecule has 0 heterocycles. The zero-order valence-corrected chi connectivity index (χ0v) is 14.0. The van der Waals surface area contributed by atoms with Crippen LogP contribution in [0, 0.1) is 18.7 Å². The van der Waals surface area contributed by atoms with Crippen molar-refractivity contribution in [3.05, 3.63) is 65.0 Å². The maximum Gasteiger partial charge on any atom is 0.165 e. The zero-order valence-electron chi connectivity index (χ0n) is 12.4. The Bertz CT molecular complexity index is 580. The molecule has 0 aliphatic heterocycles. The molecule has 0 bridgehead atoms. The van der Waals surface area contributed by atoms with Crippen LogP contribution >= 0.6 is 15.9 Å². The molecule has 0 saturated carbocycles. The normalized spacial score (nSPS) is 12.2. The third-order valence-corrected chi connectivity index (χ3v) is 4.52. The first kappa shape index (κ1) is 16.0. The lowest BCUT2D eigenvalue weighted by atomic mass is 9.94. The fourth-order valence-electron chi connectivity index (χ4n) is 2.41. The monoisotopic (exact) mass is 350 g/mol. The number of alkyl halides is 1. The van der Waals surface area contributed by atoms with Gasteiger partial charge >= 0.3 is 0 Å². The van der Waals surface area contributed by atoms with Gasteiger partial charge in [0.1, 0.15) is 0 Å². The summed E-state index contributed by atoms with van der Waals surface area (Å²) in [6.45, 7) is 2.09. The Hall–Kier alpha value is -1.35. The summed E-state index contributed by atoms with van der Waals surface area (Å²) in [6.07, 6.45) is 1.83. The van der Waals surface area contributed by atoms with E-state index in [-0.39, 0.29) is 5.82 Å². The molecular formula is C18H20BrFO. The molecule has 2 aromatic rings. The van der Waals surface area contributed by atoms with Gasteiger partial charge in [0.05, 0.1) is 7.11 Å². The average molecular weight is 351 g/mol. The van der Waals surface area contributed by atoms with Crippen LogP contribution < -0.4 is 4.74 Å². The molecule has 0 amide bonds. The highest BCUT2D eigenvalue weighted by atomic mass is 79.9. The Labute approximate surface area is 134 Å². The Morgan fingerprint density at radius 1 is 1.05 bits per heavy atom. The molecule has 2 aromatic carbocycles. The molecule has 0 aliphatic carbocycles. The van der Waals surface area contributed by atoms with E-state index in [0.29, 0.717) is 11.7 Å². The van der Waals surface area contributed by atoms with Crippen LogP contribution in [0.25, 0.3) is 0 Å². The van der Waals surface area contributed by atoms with Gasteiger partial charge in [0.25, 0.3) is 0 Å². The summed E-state index contributed by atoms with van der Waals surface area (Å²) in [4.78, 5) is 0. The van der Waals surface area contributed by atoms with Gasteiger partial charge < -0.3 is 4.74 Å². The molecule has 1 unspecified atom stereocenters. The van der Waals surface area contributed by atoms with E-state index < -0.39 is 0 Å². The minimum absolute atomic E-state index is 0.293. The molecule has 0 aromatic heterocycles. The van der Waals surface area contributed by atoms with Gasteiger partial charge in [-0.15, -0.1) is 0 Å². The summed E-state index contributed by atoms with van der Waals surface area (Å²) >= 11 is 3.57. The lowest BCUT2D eigenvalue weighted by Gasteiger charge is -2.15. The minimum atomic E-state index is -0.293. The highest BCUT2D eigenvalue weighted by Gasteiger charge is 2.11. The summed E-state index contributed by atoms with van der Waals surface area (Å²) in [5.74, 6) is 0.451. The molecule has 21 heavy (non-hydrogen) atoms. The zero-order chi connectivity index (χ0) is 15.2. The summed E-state index contributed by atoms with van der Waals surface area (Å²) in [5, 5.41) is 0.897. The van der Waals surface area contributed by atoms with Crippen LogP contribution in [-0.2, 0) is 12.8 Å². The first-order valence-electron chi connectivity index (χ1n) is 7.06. The van der Waals surface area contributed by atoms with Crippen molar-refractivity contribution in [3.8, 4) is 5.75 Å². The van der Waals surface area contributed by atoms with Gasteiger partial charge in [0.2, 0.25) is 0 Å². The molecule has 0 fully saturated rings. The lowest BCUT2D eigenvalue weighted by Crippen LogP contribution is -2.10. The Balaban J connectivity index is 2.05. The molecule has 0 N–H and O–H groups in total. The molecule has 3 heteroatoms. The second-order valence-electron chi connectivity index (χ2n) is 5.38. The van der Waals surface area contributed by atoms with Crippen molar-refractivity contribution in [2.45, 2.75) is 19.8 Å². The van der Waals surface area contributed by atoms with Crippen LogP contribution in [0.4, 0.5) is 4.39 Å². The quantitative estimate of drug-likeness (QED) is 0.670. The molecule has 0 saturated heterocycles. The number of ether oxygens (including phenoxy) is 1. The standard InChI is InChI=1S/C18H20BrFO/c1-13-3-5-14(6-4-13)9-16(12-19)10-15-7-8-18(21-2)17(20)11-15/h3-8,11,16H,9-10,12H2,1-2H3. The average Bonchev–Trinajstić information content (AvgIpc) is 2.49. The van der Waals surface area contributed by atoms with Gasteiger partial charge in [0, 0.05) is 5.33 Å². The fraction of sp³-hybridized carbons (Fsp3) is 0.333. The number of halogens is 2. The molecule has 0 aliphatic rings. The third kappa shape index (κ3) is 4.57. The van der Waals surface area contributed by atoms with Crippen molar-refractivity contribution < 1.29 is 9.13 Å². The predicted octanol–water partition coefficient (Wildman–Crippen LogP) is 4.94. The summed E-state index contributed by atoms with van der Waals surface area (Å²) in [7, 11) is 1.48. The maximum atomic E-state index is 13.7. The van der Waals surface area contributed by atoms with E-state index in [1.165, 1.54) is 18.2 Å². The number of hydrogen-bond acceptors (Lipinski definition) is 1. The SMILES string of the molecule is COc1ccc(CC(CBr)Cc2ccc(C)cc2)cc1F. The van der Waals surface area contributed by atoms with Crippen LogP contribution in [0.2, 0.25) is 0 Å². The van der Waals surface area contributed by atoms with Gasteiger partial charge in [-0.3, -0.25) is 0 Å². The van der Waals surface area contributed by atoms with Crippen molar-refractivity contribution in [3.63, 3.8) is 0 Å². The van der Waals surface area contributed by atoms with E-state index in [2.05, 4.69) is 47.1 Å². The van der Waals surface area contributed by atoms with Gasteiger partial charge in [-0.1, -0.05) is 51.8 Å². The molecule has 1 atom stereocenters. The highest BCUT2D eigenvalue weighted by molar-refractivity contribution is 9.09. The number of aryl methyl sites for hydroxylation is 1. The Morgan fingerprint density at radius 3 is 2.24 bits per heavy atom. The molecule has 1 nitrogen and oxygen atoms in total. The first-order chi connectivity index (χ1) is 10.1. The number of methoxy groups -OCH3 is 1. The van der Waals surface area contributed by atoms with E-state index in [1.54, 1.807) is 12.1 Å². The largest absolute Gasteiger partial charge is 0.494 e. The minimum Gasteiger partial charge on any atom is -0.494 e.